The average molecular weight is 292 g/mol. The summed E-state index contributed by atoms with van der Waals surface area (Å²) in [5.41, 5.74) is 1.03. The van der Waals surface area contributed by atoms with Gasteiger partial charge in [-0.05, 0) is 30.7 Å². The molecule has 0 saturated heterocycles. The molecule has 1 aromatic carbocycles. The number of hydrogen-bond donors (Lipinski definition) is 1. The van der Waals surface area contributed by atoms with Crippen LogP contribution in [0.5, 0.6) is 0 Å². The lowest BCUT2D eigenvalue weighted by atomic mass is 10.3. The lowest BCUT2D eigenvalue weighted by Crippen LogP contribution is -2.32. The third kappa shape index (κ3) is 2.92. The number of carbonyl (C=O) groups excluding carboxylic acids is 1. The molecule has 1 amide bonds. The summed E-state index contributed by atoms with van der Waals surface area (Å²) in [5.74, 6) is 0.818. The number of thiazole rings is 1. The quantitative estimate of drug-likeness (QED) is 0.859. The van der Waals surface area contributed by atoms with E-state index in [2.05, 4.69) is 23.7 Å². The minimum Gasteiger partial charge on any atom is -0.333 e. The summed E-state index contributed by atoms with van der Waals surface area (Å²) in [5, 5.41) is 1.03. The Bertz CT molecular complexity index is 559. The van der Waals surface area contributed by atoms with Gasteiger partial charge in [0, 0.05) is 12.5 Å². The van der Waals surface area contributed by atoms with Crippen LogP contribution in [0.3, 0.4) is 0 Å². The third-order valence-corrected chi connectivity index (χ3v) is 4.52. The minimum absolute atomic E-state index is 0.205. The molecule has 2 aromatic rings. The van der Waals surface area contributed by atoms with Gasteiger partial charge in [0.1, 0.15) is 5.01 Å². The van der Waals surface area contributed by atoms with Gasteiger partial charge in [-0.15, -0.1) is 11.3 Å². The summed E-state index contributed by atoms with van der Waals surface area (Å²) in [6, 6.07) is 8.55. The molecule has 1 saturated carbocycles. The SMILES string of the molecule is O=C(CCS)N(Cc1nc2ccccc2s1)C1CC1. The van der Waals surface area contributed by atoms with Gasteiger partial charge in [-0.1, -0.05) is 12.1 Å². The van der Waals surface area contributed by atoms with E-state index >= 15 is 0 Å². The van der Waals surface area contributed by atoms with Crippen LogP contribution < -0.4 is 0 Å². The van der Waals surface area contributed by atoms with Crippen molar-refractivity contribution in [3.8, 4) is 0 Å². The van der Waals surface area contributed by atoms with Crippen molar-refractivity contribution in [2.24, 2.45) is 0 Å². The number of para-hydroxylation sites is 1. The van der Waals surface area contributed by atoms with Gasteiger partial charge in [-0.3, -0.25) is 4.79 Å². The van der Waals surface area contributed by atoms with Crippen LogP contribution in [-0.2, 0) is 11.3 Å². The van der Waals surface area contributed by atoms with E-state index in [1.807, 2.05) is 23.1 Å². The largest absolute Gasteiger partial charge is 0.333 e. The third-order valence-electron chi connectivity index (χ3n) is 3.28. The Hall–Kier alpha value is -1.07. The van der Waals surface area contributed by atoms with Crippen molar-refractivity contribution in [2.45, 2.75) is 31.8 Å². The Balaban J connectivity index is 1.79. The predicted molar refractivity (Wildman–Crippen MR) is 81.7 cm³/mol. The Morgan fingerprint density at radius 1 is 1.42 bits per heavy atom. The zero-order chi connectivity index (χ0) is 13.2. The molecule has 19 heavy (non-hydrogen) atoms. The Labute approximate surface area is 122 Å². The molecule has 0 spiro atoms. The number of amides is 1. The fraction of sp³-hybridized carbons (Fsp3) is 0.429. The van der Waals surface area contributed by atoms with E-state index in [0.717, 1.165) is 23.4 Å². The zero-order valence-corrected chi connectivity index (χ0v) is 12.3. The molecule has 3 rings (SSSR count). The van der Waals surface area contributed by atoms with Gasteiger partial charge >= 0.3 is 0 Å². The number of aromatic nitrogens is 1. The highest BCUT2D eigenvalue weighted by molar-refractivity contribution is 7.80. The maximum absolute atomic E-state index is 12.1. The zero-order valence-electron chi connectivity index (χ0n) is 10.6. The highest BCUT2D eigenvalue weighted by Crippen LogP contribution is 2.31. The average Bonchev–Trinajstić information content (AvgIpc) is 3.15. The second-order valence-electron chi connectivity index (χ2n) is 4.80. The molecule has 3 nitrogen and oxygen atoms in total. The lowest BCUT2D eigenvalue weighted by Gasteiger charge is -2.20. The smallest absolute Gasteiger partial charge is 0.224 e. The maximum atomic E-state index is 12.1. The summed E-state index contributed by atoms with van der Waals surface area (Å²) in [6.45, 7) is 0.649. The number of fused-ring (bicyclic) bond motifs is 1. The molecule has 0 radical (unpaired) electrons. The molecule has 5 heteroatoms. The molecule has 100 valence electrons. The van der Waals surface area contributed by atoms with Gasteiger partial charge in [0.2, 0.25) is 5.91 Å². The predicted octanol–water partition coefficient (Wildman–Crippen LogP) is 3.11. The molecule has 0 N–H and O–H groups in total. The molecule has 0 aliphatic heterocycles. The molecule has 1 aliphatic rings. The molecule has 0 bridgehead atoms. The van der Waals surface area contributed by atoms with Gasteiger partial charge in [0.25, 0.3) is 0 Å². The molecule has 0 unspecified atom stereocenters. The summed E-state index contributed by atoms with van der Waals surface area (Å²) in [4.78, 5) is 18.7. The monoisotopic (exact) mass is 292 g/mol. The Kier molecular flexibility index (Phi) is 3.75. The molecule has 1 fully saturated rings. The highest BCUT2D eigenvalue weighted by Gasteiger charge is 2.32. The number of hydrogen-bond acceptors (Lipinski definition) is 4. The van der Waals surface area contributed by atoms with Crippen LogP contribution >= 0.6 is 24.0 Å². The molecular formula is C14H16N2OS2. The first-order valence-corrected chi connectivity index (χ1v) is 7.97. The first-order valence-electron chi connectivity index (χ1n) is 6.52. The molecule has 0 atom stereocenters. The van der Waals surface area contributed by atoms with Crippen LogP contribution in [0.1, 0.15) is 24.3 Å². The topological polar surface area (TPSA) is 33.2 Å². The van der Waals surface area contributed by atoms with Gasteiger partial charge in [-0.25, -0.2) is 4.98 Å². The summed E-state index contributed by atoms with van der Waals surface area (Å²) < 4.78 is 1.19. The molecular weight excluding hydrogens is 276 g/mol. The van der Waals surface area contributed by atoms with Gasteiger partial charge in [0.15, 0.2) is 0 Å². The summed E-state index contributed by atoms with van der Waals surface area (Å²) in [6.07, 6.45) is 2.77. The standard InChI is InChI=1S/C14H16N2OS2/c17-14(7-8-18)16(10-5-6-10)9-13-15-11-3-1-2-4-12(11)19-13/h1-4,10,18H,5-9H2. The van der Waals surface area contributed by atoms with E-state index in [-0.39, 0.29) is 5.91 Å². The van der Waals surface area contributed by atoms with Crippen molar-refractivity contribution in [1.29, 1.82) is 0 Å². The van der Waals surface area contributed by atoms with Gasteiger partial charge in [-0.2, -0.15) is 12.6 Å². The minimum atomic E-state index is 0.205. The van der Waals surface area contributed by atoms with E-state index in [0.29, 0.717) is 24.8 Å². The van der Waals surface area contributed by atoms with E-state index in [4.69, 9.17) is 0 Å². The molecule has 1 heterocycles. The van der Waals surface area contributed by atoms with Crippen molar-refractivity contribution in [3.05, 3.63) is 29.3 Å². The van der Waals surface area contributed by atoms with Crippen LogP contribution in [0, 0.1) is 0 Å². The second kappa shape index (κ2) is 5.51. The van der Waals surface area contributed by atoms with Crippen LogP contribution in [0.25, 0.3) is 10.2 Å². The second-order valence-corrected chi connectivity index (χ2v) is 6.36. The van der Waals surface area contributed by atoms with E-state index in [9.17, 15) is 4.79 Å². The van der Waals surface area contributed by atoms with Crippen LogP contribution in [0.2, 0.25) is 0 Å². The van der Waals surface area contributed by atoms with Crippen molar-refractivity contribution in [1.82, 2.24) is 9.88 Å². The van der Waals surface area contributed by atoms with Crippen LogP contribution in [-0.4, -0.2) is 27.6 Å². The maximum Gasteiger partial charge on any atom is 0.224 e. The van der Waals surface area contributed by atoms with Crippen molar-refractivity contribution >= 4 is 40.1 Å². The molecule has 1 aromatic heterocycles. The highest BCUT2D eigenvalue weighted by atomic mass is 32.1. The number of benzene rings is 1. The summed E-state index contributed by atoms with van der Waals surface area (Å²) >= 11 is 5.83. The first kappa shape index (κ1) is 12.9. The fourth-order valence-corrected chi connectivity index (χ4v) is 3.34. The van der Waals surface area contributed by atoms with Crippen molar-refractivity contribution < 1.29 is 4.79 Å². The van der Waals surface area contributed by atoms with E-state index in [1.165, 1.54) is 4.70 Å². The van der Waals surface area contributed by atoms with Crippen molar-refractivity contribution in [3.63, 3.8) is 0 Å². The normalized spacial score (nSPS) is 14.8. The van der Waals surface area contributed by atoms with Crippen molar-refractivity contribution in [2.75, 3.05) is 5.75 Å². The number of thiol groups is 1. The Morgan fingerprint density at radius 2 is 2.21 bits per heavy atom. The van der Waals surface area contributed by atoms with E-state index < -0.39 is 0 Å². The number of rotatable bonds is 5. The number of carbonyl (C=O) groups is 1. The van der Waals surface area contributed by atoms with E-state index in [1.54, 1.807) is 11.3 Å². The van der Waals surface area contributed by atoms with Gasteiger partial charge in [0.05, 0.1) is 16.8 Å². The Morgan fingerprint density at radius 3 is 2.89 bits per heavy atom. The van der Waals surface area contributed by atoms with Gasteiger partial charge < -0.3 is 4.90 Å². The fourth-order valence-electron chi connectivity index (χ4n) is 2.18. The van der Waals surface area contributed by atoms with Crippen LogP contribution in [0.15, 0.2) is 24.3 Å². The lowest BCUT2D eigenvalue weighted by molar-refractivity contribution is -0.131. The van der Waals surface area contributed by atoms with Crippen LogP contribution in [0.4, 0.5) is 0 Å². The number of nitrogens with zero attached hydrogens (tertiary/aromatic N) is 2. The molecule has 1 aliphatic carbocycles. The first-order chi connectivity index (χ1) is 9.28. The summed E-state index contributed by atoms with van der Waals surface area (Å²) in [7, 11) is 0.